The second kappa shape index (κ2) is 10.2. The number of hydrogen-bond donors (Lipinski definition) is 0. The number of amides is 3. The van der Waals surface area contributed by atoms with Crippen LogP contribution < -0.4 is 0 Å². The quantitative estimate of drug-likeness (QED) is 0.632. The Morgan fingerprint density at radius 1 is 1.15 bits per heavy atom. The highest BCUT2D eigenvalue weighted by Crippen LogP contribution is 2.43. The molecule has 33 heavy (non-hydrogen) atoms. The lowest BCUT2D eigenvalue weighted by Gasteiger charge is -2.45. The second-order valence-corrected chi connectivity index (χ2v) is 10.4. The van der Waals surface area contributed by atoms with Crippen LogP contribution in [0.2, 0.25) is 0 Å². The SMILES string of the molecule is CCOC(=O)N1CCN(C(=O)C2CCC3S/C(=C\c4cccc(C)c4)C(=O)N(C)C3C2)CC1. The van der Waals surface area contributed by atoms with Crippen LogP contribution in [0.4, 0.5) is 4.79 Å². The fourth-order valence-corrected chi connectivity index (χ4v) is 6.50. The summed E-state index contributed by atoms with van der Waals surface area (Å²) in [6.07, 6.45) is 4.14. The number of piperazine rings is 1. The molecular weight excluding hydrogens is 438 g/mol. The molecule has 1 aromatic carbocycles. The first-order valence-corrected chi connectivity index (χ1v) is 12.7. The predicted molar refractivity (Wildman–Crippen MR) is 130 cm³/mol. The Labute approximate surface area is 200 Å². The van der Waals surface area contributed by atoms with Crippen molar-refractivity contribution in [2.75, 3.05) is 39.8 Å². The smallest absolute Gasteiger partial charge is 0.409 e. The molecule has 0 aromatic heterocycles. The number of likely N-dealkylation sites (N-methyl/N-ethyl adjacent to an activating group) is 1. The molecule has 178 valence electrons. The van der Waals surface area contributed by atoms with E-state index in [1.165, 1.54) is 5.56 Å². The van der Waals surface area contributed by atoms with Gasteiger partial charge in [0.25, 0.3) is 5.91 Å². The van der Waals surface area contributed by atoms with Gasteiger partial charge in [0.05, 0.1) is 11.5 Å². The molecule has 1 aliphatic carbocycles. The maximum atomic E-state index is 13.2. The molecule has 0 N–H and O–H groups in total. The maximum absolute atomic E-state index is 13.2. The van der Waals surface area contributed by atoms with Crippen molar-refractivity contribution in [1.29, 1.82) is 0 Å². The van der Waals surface area contributed by atoms with Crippen LogP contribution in [0.25, 0.3) is 6.08 Å². The molecule has 3 amide bonds. The van der Waals surface area contributed by atoms with Crippen LogP contribution in [-0.2, 0) is 14.3 Å². The molecule has 0 radical (unpaired) electrons. The third kappa shape index (κ3) is 5.21. The summed E-state index contributed by atoms with van der Waals surface area (Å²) in [6.45, 7) is 6.28. The average Bonchev–Trinajstić information content (AvgIpc) is 2.82. The van der Waals surface area contributed by atoms with Gasteiger partial charge in [-0.25, -0.2) is 4.79 Å². The Kier molecular flexibility index (Phi) is 7.32. The minimum Gasteiger partial charge on any atom is -0.450 e. The van der Waals surface area contributed by atoms with Gasteiger partial charge in [-0.2, -0.15) is 0 Å². The van der Waals surface area contributed by atoms with Gasteiger partial charge in [0.2, 0.25) is 5.91 Å². The van der Waals surface area contributed by atoms with Crippen LogP contribution >= 0.6 is 11.8 Å². The van der Waals surface area contributed by atoms with E-state index >= 15 is 0 Å². The summed E-state index contributed by atoms with van der Waals surface area (Å²) in [5.41, 5.74) is 2.22. The molecule has 8 heteroatoms. The molecule has 4 rings (SSSR count). The van der Waals surface area contributed by atoms with Crippen LogP contribution in [0, 0.1) is 12.8 Å². The number of fused-ring (bicyclic) bond motifs is 1. The molecule has 3 unspecified atom stereocenters. The normalized spacial score (nSPS) is 26.9. The highest BCUT2D eigenvalue weighted by molar-refractivity contribution is 8.04. The van der Waals surface area contributed by atoms with E-state index < -0.39 is 0 Å². The molecule has 2 aliphatic heterocycles. The Bertz CT molecular complexity index is 941. The minimum absolute atomic E-state index is 0.0407. The Balaban J connectivity index is 1.37. The molecule has 3 atom stereocenters. The van der Waals surface area contributed by atoms with E-state index in [0.29, 0.717) is 44.5 Å². The zero-order valence-electron chi connectivity index (χ0n) is 19.7. The molecule has 3 fully saturated rings. The fraction of sp³-hybridized carbons (Fsp3) is 0.560. The first-order chi connectivity index (χ1) is 15.9. The largest absolute Gasteiger partial charge is 0.450 e. The van der Waals surface area contributed by atoms with Crippen LogP contribution in [0.3, 0.4) is 0 Å². The monoisotopic (exact) mass is 471 g/mol. The van der Waals surface area contributed by atoms with Crippen molar-refractivity contribution in [2.45, 2.75) is 44.4 Å². The van der Waals surface area contributed by atoms with E-state index in [4.69, 9.17) is 4.74 Å². The Morgan fingerprint density at radius 2 is 1.88 bits per heavy atom. The zero-order chi connectivity index (χ0) is 23.5. The van der Waals surface area contributed by atoms with Gasteiger partial charge in [0.15, 0.2) is 0 Å². The molecule has 1 saturated carbocycles. The molecular formula is C25H33N3O4S. The van der Waals surface area contributed by atoms with E-state index in [-0.39, 0.29) is 29.9 Å². The standard InChI is InChI=1S/C25H33N3O4S/c1-4-32-25(31)28-12-10-27(11-13-28)23(29)19-8-9-21-20(16-19)26(3)24(30)22(33-21)15-18-7-5-6-17(2)14-18/h5-7,14-15,19-21H,4,8-13,16H2,1-3H3/b22-15-. The Morgan fingerprint density at radius 3 is 2.58 bits per heavy atom. The van der Waals surface area contributed by atoms with Crippen molar-refractivity contribution < 1.29 is 19.1 Å². The van der Waals surface area contributed by atoms with Crippen molar-refractivity contribution in [3.05, 3.63) is 40.3 Å². The number of carbonyl (C=O) groups excluding carboxylic acids is 3. The van der Waals surface area contributed by atoms with E-state index in [2.05, 4.69) is 19.1 Å². The van der Waals surface area contributed by atoms with Crippen LogP contribution in [-0.4, -0.2) is 83.7 Å². The molecule has 2 saturated heterocycles. The van der Waals surface area contributed by atoms with Gasteiger partial charge in [-0.05, 0) is 44.7 Å². The average molecular weight is 472 g/mol. The first kappa shape index (κ1) is 23.7. The van der Waals surface area contributed by atoms with Gasteiger partial charge in [0.1, 0.15) is 0 Å². The molecule has 2 heterocycles. The van der Waals surface area contributed by atoms with E-state index in [1.807, 2.05) is 35.1 Å². The van der Waals surface area contributed by atoms with Gasteiger partial charge >= 0.3 is 6.09 Å². The maximum Gasteiger partial charge on any atom is 0.409 e. The number of carbonyl (C=O) groups is 3. The molecule has 1 aromatic rings. The van der Waals surface area contributed by atoms with Gasteiger partial charge in [0, 0.05) is 50.4 Å². The van der Waals surface area contributed by atoms with Gasteiger partial charge < -0.3 is 19.4 Å². The summed E-state index contributed by atoms with van der Waals surface area (Å²) >= 11 is 1.67. The number of rotatable bonds is 3. The van der Waals surface area contributed by atoms with Crippen molar-refractivity contribution in [3.8, 4) is 0 Å². The molecule has 0 spiro atoms. The molecule has 7 nitrogen and oxygen atoms in total. The number of ether oxygens (including phenoxy) is 1. The highest BCUT2D eigenvalue weighted by Gasteiger charge is 2.43. The second-order valence-electron chi connectivity index (χ2n) is 9.08. The summed E-state index contributed by atoms with van der Waals surface area (Å²) in [5.74, 6) is 0.126. The zero-order valence-corrected chi connectivity index (χ0v) is 20.5. The van der Waals surface area contributed by atoms with E-state index in [9.17, 15) is 14.4 Å². The highest BCUT2D eigenvalue weighted by atomic mass is 32.2. The fourth-order valence-electron chi connectivity index (χ4n) is 5.02. The van der Waals surface area contributed by atoms with Gasteiger partial charge in [-0.3, -0.25) is 9.59 Å². The first-order valence-electron chi connectivity index (χ1n) is 11.8. The van der Waals surface area contributed by atoms with Crippen LogP contribution in [0.1, 0.15) is 37.3 Å². The number of aryl methyl sites for hydroxylation is 1. The number of hydrogen-bond acceptors (Lipinski definition) is 5. The predicted octanol–water partition coefficient (Wildman–Crippen LogP) is 3.38. The van der Waals surface area contributed by atoms with E-state index in [0.717, 1.165) is 23.3 Å². The van der Waals surface area contributed by atoms with Gasteiger partial charge in [-0.1, -0.05) is 29.8 Å². The number of nitrogens with zero attached hydrogens (tertiary/aromatic N) is 3. The topological polar surface area (TPSA) is 70.2 Å². The summed E-state index contributed by atoms with van der Waals surface area (Å²) in [7, 11) is 1.87. The third-order valence-electron chi connectivity index (χ3n) is 6.87. The van der Waals surface area contributed by atoms with Crippen molar-refractivity contribution in [1.82, 2.24) is 14.7 Å². The molecule has 3 aliphatic rings. The third-order valence-corrected chi connectivity index (χ3v) is 8.27. The summed E-state index contributed by atoms with van der Waals surface area (Å²) in [6, 6.07) is 8.24. The summed E-state index contributed by atoms with van der Waals surface area (Å²) < 4.78 is 5.07. The van der Waals surface area contributed by atoms with E-state index in [1.54, 1.807) is 23.6 Å². The Hall–Kier alpha value is -2.48. The van der Waals surface area contributed by atoms with Crippen molar-refractivity contribution in [3.63, 3.8) is 0 Å². The van der Waals surface area contributed by atoms with Gasteiger partial charge in [-0.15, -0.1) is 11.8 Å². The lowest BCUT2D eigenvalue weighted by atomic mass is 9.83. The van der Waals surface area contributed by atoms with Crippen molar-refractivity contribution in [2.24, 2.45) is 5.92 Å². The summed E-state index contributed by atoms with van der Waals surface area (Å²) in [4.78, 5) is 44.4. The number of benzene rings is 1. The van der Waals surface area contributed by atoms with Crippen LogP contribution in [0.5, 0.6) is 0 Å². The minimum atomic E-state index is -0.306. The van der Waals surface area contributed by atoms with Crippen molar-refractivity contribution >= 4 is 35.7 Å². The lowest BCUT2D eigenvalue weighted by molar-refractivity contribution is -0.140. The lowest BCUT2D eigenvalue weighted by Crippen LogP contribution is -2.55. The van der Waals surface area contributed by atoms with Crippen LogP contribution in [0.15, 0.2) is 29.2 Å². The summed E-state index contributed by atoms with van der Waals surface area (Å²) in [5, 5.41) is 0.313. The number of thioether (sulfide) groups is 1. The molecule has 0 bridgehead atoms.